The molecule has 0 aliphatic carbocycles. The first-order chi connectivity index (χ1) is 8.61. The summed E-state index contributed by atoms with van der Waals surface area (Å²) in [6.45, 7) is 7.57. The van der Waals surface area contributed by atoms with Crippen LogP contribution in [0.5, 0.6) is 0 Å². The summed E-state index contributed by atoms with van der Waals surface area (Å²) < 4.78 is 0. The molecule has 0 radical (unpaired) electrons. The standard InChI is InChI=1S/C15H24N2O/c1-4-15(18)13-5-7-14(8-6-13)17-10-9-16(3)11-12(17)2/h5-8,12,15,18H,4,9-11H2,1-3H3/t12?,15-/m0/s1. The Kier molecular flexibility index (Phi) is 4.25. The number of likely N-dealkylation sites (N-methyl/N-ethyl adjacent to an activating group) is 1. The Morgan fingerprint density at radius 2 is 1.94 bits per heavy atom. The van der Waals surface area contributed by atoms with Gasteiger partial charge in [-0.2, -0.15) is 0 Å². The summed E-state index contributed by atoms with van der Waals surface area (Å²) in [6, 6.07) is 8.92. The first-order valence-electron chi connectivity index (χ1n) is 6.85. The first kappa shape index (κ1) is 13.4. The van der Waals surface area contributed by atoms with E-state index in [1.165, 1.54) is 5.69 Å². The van der Waals surface area contributed by atoms with E-state index in [9.17, 15) is 5.11 Å². The van der Waals surface area contributed by atoms with Crippen LogP contribution < -0.4 is 4.90 Å². The van der Waals surface area contributed by atoms with Crippen LogP contribution in [-0.4, -0.2) is 42.7 Å². The second-order valence-corrected chi connectivity index (χ2v) is 5.32. The summed E-state index contributed by atoms with van der Waals surface area (Å²) in [5.74, 6) is 0. The Hall–Kier alpha value is -1.06. The van der Waals surface area contributed by atoms with Crippen LogP contribution in [0.4, 0.5) is 5.69 Å². The summed E-state index contributed by atoms with van der Waals surface area (Å²) in [5.41, 5.74) is 2.28. The fraction of sp³-hybridized carbons (Fsp3) is 0.600. The molecule has 0 aromatic heterocycles. The Morgan fingerprint density at radius 1 is 1.28 bits per heavy atom. The molecule has 1 N–H and O–H groups in total. The highest BCUT2D eigenvalue weighted by molar-refractivity contribution is 5.49. The van der Waals surface area contributed by atoms with E-state index in [4.69, 9.17) is 0 Å². The van der Waals surface area contributed by atoms with E-state index in [1.807, 2.05) is 6.92 Å². The molecule has 1 heterocycles. The van der Waals surface area contributed by atoms with E-state index in [0.717, 1.165) is 31.6 Å². The van der Waals surface area contributed by atoms with E-state index >= 15 is 0 Å². The maximum absolute atomic E-state index is 9.80. The molecular weight excluding hydrogens is 224 g/mol. The highest BCUT2D eigenvalue weighted by atomic mass is 16.3. The fourth-order valence-electron chi connectivity index (χ4n) is 2.65. The number of hydrogen-bond acceptors (Lipinski definition) is 3. The summed E-state index contributed by atoms with van der Waals surface area (Å²) in [4.78, 5) is 4.82. The van der Waals surface area contributed by atoms with Crippen molar-refractivity contribution in [3.63, 3.8) is 0 Å². The minimum absolute atomic E-state index is 0.330. The second kappa shape index (κ2) is 5.72. The molecule has 1 unspecified atom stereocenters. The molecule has 1 aromatic carbocycles. The van der Waals surface area contributed by atoms with Gasteiger partial charge in [-0.25, -0.2) is 0 Å². The number of piperazine rings is 1. The van der Waals surface area contributed by atoms with E-state index in [2.05, 4.69) is 48.0 Å². The third-order valence-corrected chi connectivity index (χ3v) is 3.83. The van der Waals surface area contributed by atoms with Gasteiger partial charge in [-0.15, -0.1) is 0 Å². The molecule has 2 rings (SSSR count). The molecule has 0 spiro atoms. The molecule has 1 aliphatic rings. The Labute approximate surface area is 110 Å². The van der Waals surface area contributed by atoms with Crippen molar-refractivity contribution in [1.82, 2.24) is 4.90 Å². The maximum atomic E-state index is 9.80. The number of aliphatic hydroxyl groups is 1. The topological polar surface area (TPSA) is 26.7 Å². The molecule has 1 fully saturated rings. The molecule has 0 bridgehead atoms. The number of aliphatic hydroxyl groups excluding tert-OH is 1. The minimum atomic E-state index is -0.330. The van der Waals surface area contributed by atoms with Crippen molar-refractivity contribution in [2.24, 2.45) is 0 Å². The van der Waals surface area contributed by atoms with Crippen LogP contribution in [0.25, 0.3) is 0 Å². The lowest BCUT2D eigenvalue weighted by molar-refractivity contribution is 0.173. The summed E-state index contributed by atoms with van der Waals surface area (Å²) in [6.07, 6.45) is 0.438. The number of hydrogen-bond donors (Lipinski definition) is 1. The van der Waals surface area contributed by atoms with Crippen LogP contribution in [0.1, 0.15) is 31.9 Å². The van der Waals surface area contributed by atoms with Gasteiger partial charge >= 0.3 is 0 Å². The van der Waals surface area contributed by atoms with Crippen molar-refractivity contribution in [3.05, 3.63) is 29.8 Å². The molecule has 18 heavy (non-hydrogen) atoms. The summed E-state index contributed by atoms with van der Waals surface area (Å²) in [7, 11) is 2.18. The molecule has 2 atom stereocenters. The van der Waals surface area contributed by atoms with Crippen LogP contribution in [0.2, 0.25) is 0 Å². The lowest BCUT2D eigenvalue weighted by Gasteiger charge is -2.39. The van der Waals surface area contributed by atoms with E-state index < -0.39 is 0 Å². The monoisotopic (exact) mass is 248 g/mol. The highest BCUT2D eigenvalue weighted by Crippen LogP contribution is 2.23. The molecular formula is C15H24N2O. The van der Waals surface area contributed by atoms with E-state index in [0.29, 0.717) is 6.04 Å². The number of benzene rings is 1. The summed E-state index contributed by atoms with van der Waals surface area (Å²) in [5, 5.41) is 9.80. The van der Waals surface area contributed by atoms with Crippen LogP contribution in [0, 0.1) is 0 Å². The van der Waals surface area contributed by atoms with Crippen LogP contribution in [0.3, 0.4) is 0 Å². The van der Waals surface area contributed by atoms with Crippen molar-refractivity contribution in [1.29, 1.82) is 0 Å². The van der Waals surface area contributed by atoms with Crippen LogP contribution in [0.15, 0.2) is 24.3 Å². The third-order valence-electron chi connectivity index (χ3n) is 3.83. The van der Waals surface area contributed by atoms with Gasteiger partial charge < -0.3 is 14.9 Å². The highest BCUT2D eigenvalue weighted by Gasteiger charge is 2.21. The Morgan fingerprint density at radius 3 is 2.50 bits per heavy atom. The average molecular weight is 248 g/mol. The van der Waals surface area contributed by atoms with Gasteiger partial charge in [-0.1, -0.05) is 19.1 Å². The van der Waals surface area contributed by atoms with Gasteiger partial charge in [0, 0.05) is 31.4 Å². The molecule has 0 amide bonds. The molecule has 0 saturated carbocycles. The number of anilines is 1. The van der Waals surface area contributed by atoms with Gasteiger partial charge in [0.2, 0.25) is 0 Å². The lowest BCUT2D eigenvalue weighted by Crippen LogP contribution is -2.50. The van der Waals surface area contributed by atoms with Gasteiger partial charge in [0.05, 0.1) is 6.10 Å². The summed E-state index contributed by atoms with van der Waals surface area (Å²) >= 11 is 0. The quantitative estimate of drug-likeness (QED) is 0.889. The Balaban J connectivity index is 2.09. The fourth-order valence-corrected chi connectivity index (χ4v) is 2.65. The first-order valence-corrected chi connectivity index (χ1v) is 6.85. The van der Waals surface area contributed by atoms with E-state index in [-0.39, 0.29) is 6.10 Å². The molecule has 100 valence electrons. The maximum Gasteiger partial charge on any atom is 0.0787 e. The van der Waals surface area contributed by atoms with Crippen molar-refractivity contribution < 1.29 is 5.11 Å². The SMILES string of the molecule is CC[C@H](O)c1ccc(N2CCN(C)CC2C)cc1. The van der Waals surface area contributed by atoms with E-state index in [1.54, 1.807) is 0 Å². The van der Waals surface area contributed by atoms with Crippen LogP contribution >= 0.6 is 0 Å². The smallest absolute Gasteiger partial charge is 0.0787 e. The normalized spacial score (nSPS) is 23.1. The van der Waals surface area contributed by atoms with Crippen molar-refractivity contribution in [2.45, 2.75) is 32.4 Å². The third kappa shape index (κ3) is 2.85. The van der Waals surface area contributed by atoms with Crippen molar-refractivity contribution in [3.8, 4) is 0 Å². The number of rotatable bonds is 3. The predicted octanol–water partition coefficient (Wildman–Crippen LogP) is 2.27. The Bertz CT molecular complexity index is 377. The molecule has 1 aromatic rings. The van der Waals surface area contributed by atoms with Gasteiger partial charge in [0.25, 0.3) is 0 Å². The zero-order chi connectivity index (χ0) is 13.1. The van der Waals surface area contributed by atoms with Gasteiger partial charge in [0.1, 0.15) is 0 Å². The average Bonchev–Trinajstić information content (AvgIpc) is 2.38. The van der Waals surface area contributed by atoms with Gasteiger partial charge in [0.15, 0.2) is 0 Å². The van der Waals surface area contributed by atoms with Crippen molar-refractivity contribution in [2.75, 3.05) is 31.6 Å². The van der Waals surface area contributed by atoms with Gasteiger partial charge in [-0.3, -0.25) is 0 Å². The minimum Gasteiger partial charge on any atom is -0.388 e. The van der Waals surface area contributed by atoms with Crippen molar-refractivity contribution >= 4 is 5.69 Å². The zero-order valence-electron chi connectivity index (χ0n) is 11.6. The molecule has 1 saturated heterocycles. The largest absolute Gasteiger partial charge is 0.388 e. The predicted molar refractivity (Wildman–Crippen MR) is 76.0 cm³/mol. The lowest BCUT2D eigenvalue weighted by atomic mass is 10.1. The molecule has 3 heteroatoms. The molecule has 1 aliphatic heterocycles. The number of nitrogens with zero attached hydrogens (tertiary/aromatic N) is 2. The van der Waals surface area contributed by atoms with Gasteiger partial charge in [-0.05, 0) is 38.1 Å². The second-order valence-electron chi connectivity index (χ2n) is 5.32. The van der Waals surface area contributed by atoms with Crippen LogP contribution in [-0.2, 0) is 0 Å². The zero-order valence-corrected chi connectivity index (χ0v) is 11.6. The molecule has 3 nitrogen and oxygen atoms in total.